The Kier molecular flexibility index (Phi) is 9.03. The number of fused-ring (bicyclic) bond motifs is 2. The van der Waals surface area contributed by atoms with Gasteiger partial charge in [0.2, 0.25) is 10.0 Å². The number of aliphatic hydroxyl groups is 1. The largest absolute Gasteiger partial charge is 0.506 e. The molecule has 3 aromatic rings. The van der Waals surface area contributed by atoms with Crippen molar-refractivity contribution >= 4 is 55.5 Å². The van der Waals surface area contributed by atoms with Gasteiger partial charge in [0.25, 0.3) is 0 Å². The average Bonchev–Trinajstić information content (AvgIpc) is 2.96. The van der Waals surface area contributed by atoms with Crippen molar-refractivity contribution in [3.05, 3.63) is 89.0 Å². The summed E-state index contributed by atoms with van der Waals surface area (Å²) in [4.78, 5) is 26.4. The van der Waals surface area contributed by atoms with Crippen LogP contribution in [0, 0.1) is 5.41 Å². The molecule has 47 heavy (non-hydrogen) atoms. The molecule has 0 bridgehead atoms. The number of nitrogens with zero attached hydrogens (tertiary/aromatic N) is 1. The normalized spacial score (nSPS) is 19.6. The van der Waals surface area contributed by atoms with E-state index in [2.05, 4.69) is 40.5 Å². The monoisotopic (exact) mass is 682 g/mol. The fourth-order valence-electron chi connectivity index (χ4n) is 5.64. The van der Waals surface area contributed by atoms with Gasteiger partial charge in [0.1, 0.15) is 27.5 Å². The summed E-state index contributed by atoms with van der Waals surface area (Å²) in [6.45, 7) is 7.67. The van der Waals surface area contributed by atoms with Gasteiger partial charge >= 0.3 is 5.97 Å². The Labute approximate surface area is 275 Å². The summed E-state index contributed by atoms with van der Waals surface area (Å²) < 4.78 is 57.6. The molecule has 1 atom stereocenters. The third-order valence-electron chi connectivity index (χ3n) is 7.79. The number of aliphatic hydroxyl groups excluding tert-OH is 1. The molecule has 0 aromatic heterocycles. The van der Waals surface area contributed by atoms with Gasteiger partial charge in [-0.3, -0.25) is 28.7 Å². The fourth-order valence-corrected chi connectivity index (χ4v) is 7.38. The minimum atomic E-state index is -3.95. The summed E-state index contributed by atoms with van der Waals surface area (Å²) in [5, 5.41) is 18.1. The van der Waals surface area contributed by atoms with Crippen LogP contribution >= 0.6 is 10.8 Å². The molecule has 0 saturated carbocycles. The van der Waals surface area contributed by atoms with Crippen molar-refractivity contribution in [3.8, 4) is 5.75 Å². The van der Waals surface area contributed by atoms with E-state index in [4.69, 9.17) is 4.74 Å². The number of rotatable bonds is 9. The fraction of sp³-hybridized carbons (Fsp3) is 0.303. The Balaban J connectivity index is 1.61. The number of carbonyl (C=O) groups excluding carboxylic acids is 2. The minimum absolute atomic E-state index is 0.0802. The predicted molar refractivity (Wildman–Crippen MR) is 183 cm³/mol. The summed E-state index contributed by atoms with van der Waals surface area (Å²) in [6.07, 6.45) is 1.88. The van der Waals surface area contributed by atoms with E-state index in [1.165, 1.54) is 25.1 Å². The highest BCUT2D eigenvalue weighted by molar-refractivity contribution is 8.23. The number of ether oxygens (including phenoxy) is 1. The van der Waals surface area contributed by atoms with Crippen LogP contribution in [0.2, 0.25) is 0 Å². The summed E-state index contributed by atoms with van der Waals surface area (Å²) in [5.41, 5.74) is 0.121. The molecular weight excluding hydrogens is 645 g/mol. The number of carbonyl (C=O) groups is 2. The Bertz CT molecular complexity index is 1930. The molecule has 1 heterocycles. The number of sulfonamides is 1. The third-order valence-corrected chi connectivity index (χ3v) is 9.76. The number of Topliss-reactive ketones (excluding diaryl/α,β-unsaturated/α-hetero) is 1. The summed E-state index contributed by atoms with van der Waals surface area (Å²) in [6, 6.07) is 18.0. The highest BCUT2D eigenvalue weighted by Crippen LogP contribution is 2.57. The molecule has 0 amide bonds. The van der Waals surface area contributed by atoms with Gasteiger partial charge in [0.15, 0.2) is 11.6 Å². The van der Waals surface area contributed by atoms with Gasteiger partial charge in [0.05, 0.1) is 17.6 Å². The van der Waals surface area contributed by atoms with Gasteiger partial charge in [-0.2, -0.15) is 0 Å². The Morgan fingerprint density at radius 2 is 1.79 bits per heavy atom. The van der Waals surface area contributed by atoms with Gasteiger partial charge in [-0.05, 0) is 59.7 Å². The highest BCUT2D eigenvalue weighted by atomic mass is 32.3. The molecule has 12 nitrogen and oxygen atoms in total. The maximum atomic E-state index is 14.9. The van der Waals surface area contributed by atoms with Crippen LogP contribution in [0.1, 0.15) is 57.2 Å². The van der Waals surface area contributed by atoms with E-state index in [1.54, 1.807) is 42.5 Å². The maximum absolute atomic E-state index is 14.9. The van der Waals surface area contributed by atoms with Crippen LogP contribution in [0.4, 0.5) is 11.4 Å². The molecule has 14 heteroatoms. The summed E-state index contributed by atoms with van der Waals surface area (Å²) >= 11 is 0. The second-order valence-corrected chi connectivity index (χ2v) is 16.2. The van der Waals surface area contributed by atoms with E-state index in [-0.39, 0.29) is 45.4 Å². The first kappa shape index (κ1) is 34.1. The zero-order valence-corrected chi connectivity index (χ0v) is 28.3. The number of ketones is 1. The van der Waals surface area contributed by atoms with E-state index < -0.39 is 38.1 Å². The lowest BCUT2D eigenvalue weighted by Gasteiger charge is -2.42. The topological polar surface area (TPSA) is 187 Å². The van der Waals surface area contributed by atoms with Crippen LogP contribution in [0.15, 0.2) is 81.6 Å². The van der Waals surface area contributed by atoms with Gasteiger partial charge in [0, 0.05) is 19.0 Å². The number of amidine groups is 1. The quantitative estimate of drug-likeness (QED) is 0.112. The number of hydrogen-bond acceptors (Lipinski definition) is 11. The van der Waals surface area contributed by atoms with Crippen molar-refractivity contribution in [1.29, 1.82) is 0 Å². The van der Waals surface area contributed by atoms with Gasteiger partial charge < -0.3 is 15.2 Å². The van der Waals surface area contributed by atoms with E-state index in [0.29, 0.717) is 29.7 Å². The second-order valence-electron chi connectivity index (χ2n) is 12.8. The van der Waals surface area contributed by atoms with Crippen LogP contribution in [0.5, 0.6) is 5.75 Å². The van der Waals surface area contributed by atoms with Crippen LogP contribution < -0.4 is 20.1 Å². The van der Waals surface area contributed by atoms with E-state index in [9.17, 15) is 32.2 Å². The SMILES string of the molecule is CC(=O)Oc1cccc(CNC2(CCC(C)(C)C)C(=O)C(C3=NS(O)(O)c4cc(NS(C)(=O)=O)ccc4N3)=C(O)c3ccccc32)c1. The molecule has 0 fully saturated rings. The van der Waals surface area contributed by atoms with Crippen molar-refractivity contribution in [2.75, 3.05) is 16.3 Å². The lowest BCUT2D eigenvalue weighted by atomic mass is 9.69. The van der Waals surface area contributed by atoms with Crippen molar-refractivity contribution in [3.63, 3.8) is 0 Å². The summed E-state index contributed by atoms with van der Waals surface area (Å²) in [7, 11) is -7.60. The highest BCUT2D eigenvalue weighted by Gasteiger charge is 2.50. The van der Waals surface area contributed by atoms with E-state index >= 15 is 0 Å². The molecule has 3 aromatic carbocycles. The first-order valence-corrected chi connectivity index (χ1v) is 18.2. The van der Waals surface area contributed by atoms with Crippen molar-refractivity contribution in [1.82, 2.24) is 5.32 Å². The van der Waals surface area contributed by atoms with Crippen LogP contribution in [-0.4, -0.2) is 46.5 Å². The zero-order valence-electron chi connectivity index (χ0n) is 26.6. The van der Waals surface area contributed by atoms with Crippen LogP contribution in [-0.2, 0) is 31.7 Å². The zero-order chi connectivity index (χ0) is 34.4. The van der Waals surface area contributed by atoms with Crippen molar-refractivity contribution in [2.45, 2.75) is 57.5 Å². The molecular formula is C33H38N4O8S2. The smallest absolute Gasteiger partial charge is 0.308 e. The maximum Gasteiger partial charge on any atom is 0.308 e. The average molecular weight is 683 g/mol. The van der Waals surface area contributed by atoms with Crippen molar-refractivity contribution in [2.24, 2.45) is 9.81 Å². The molecule has 0 saturated heterocycles. The Morgan fingerprint density at radius 1 is 1.06 bits per heavy atom. The number of esters is 1. The van der Waals surface area contributed by atoms with Crippen molar-refractivity contribution < 1.29 is 37.0 Å². The van der Waals surface area contributed by atoms with Crippen LogP contribution in [0.3, 0.4) is 0 Å². The van der Waals surface area contributed by atoms with E-state index in [1.807, 2.05) is 6.07 Å². The molecule has 5 rings (SSSR count). The third kappa shape index (κ3) is 7.36. The van der Waals surface area contributed by atoms with Crippen LogP contribution in [0.25, 0.3) is 5.76 Å². The lowest BCUT2D eigenvalue weighted by Crippen LogP contribution is -2.53. The van der Waals surface area contributed by atoms with Gasteiger partial charge in [-0.25, -0.2) is 8.42 Å². The molecule has 1 unspecified atom stereocenters. The Hall–Kier alpha value is -4.21. The Morgan fingerprint density at radius 3 is 2.47 bits per heavy atom. The number of hydrogen-bond donors (Lipinski definition) is 6. The standard InChI is InChI=1S/C33H38N4O8S2/c1-20(38)45-23-10-8-9-21(17-23)19-34-33(16-15-32(2,3)4)25-12-7-6-11-24(25)29(39)28(30(33)40)31-35-26-14-13-22(36-46(5,41)42)18-27(26)47(43,44)37-31/h6-14,17-18,34,36,39,43-44H,15-16,19H2,1-5H3,(H,35,37). The number of benzene rings is 3. The van der Waals surface area contributed by atoms with Gasteiger partial charge in [-0.1, -0.05) is 67.9 Å². The molecule has 250 valence electrons. The molecule has 6 N–H and O–H groups in total. The second kappa shape index (κ2) is 12.4. The molecule has 2 aliphatic rings. The number of nitrogens with one attached hydrogen (secondary N) is 3. The predicted octanol–water partition coefficient (Wildman–Crippen LogP) is 6.20. The van der Waals surface area contributed by atoms with Gasteiger partial charge in [-0.15, -0.1) is 4.40 Å². The molecule has 1 aliphatic heterocycles. The molecule has 0 radical (unpaired) electrons. The molecule has 0 spiro atoms. The first-order valence-electron chi connectivity index (χ1n) is 14.8. The first-order chi connectivity index (χ1) is 21.9. The molecule has 1 aliphatic carbocycles. The number of anilines is 2. The lowest BCUT2D eigenvalue weighted by molar-refractivity contribution is -0.131. The minimum Gasteiger partial charge on any atom is -0.506 e. The summed E-state index contributed by atoms with van der Waals surface area (Å²) in [5.74, 6) is -1.26. The van der Waals surface area contributed by atoms with E-state index in [0.717, 1.165) is 11.8 Å².